The number of halogens is 1. The summed E-state index contributed by atoms with van der Waals surface area (Å²) in [5.74, 6) is 0.586. The van der Waals surface area contributed by atoms with Crippen molar-refractivity contribution < 1.29 is 4.79 Å². The van der Waals surface area contributed by atoms with Crippen LogP contribution in [0.25, 0.3) is 15.9 Å². The van der Waals surface area contributed by atoms with Gasteiger partial charge in [0.2, 0.25) is 5.91 Å². The molecule has 0 aliphatic heterocycles. The lowest BCUT2D eigenvalue weighted by atomic mass is 9.72. The van der Waals surface area contributed by atoms with Gasteiger partial charge in [-0.1, -0.05) is 72.2 Å². The van der Waals surface area contributed by atoms with E-state index >= 15 is 0 Å². The monoisotopic (exact) mass is 595 g/mol. The van der Waals surface area contributed by atoms with Crippen LogP contribution in [0.4, 0.5) is 5.69 Å². The van der Waals surface area contributed by atoms with Gasteiger partial charge < -0.3 is 5.32 Å². The number of fused-ring (bicyclic) bond motifs is 3. The Bertz CT molecular complexity index is 1530. The van der Waals surface area contributed by atoms with Gasteiger partial charge in [0.05, 0.1) is 16.8 Å². The van der Waals surface area contributed by atoms with Crippen LogP contribution < -0.4 is 10.9 Å². The van der Waals surface area contributed by atoms with Crippen LogP contribution in [0.2, 0.25) is 0 Å². The van der Waals surface area contributed by atoms with Gasteiger partial charge in [0, 0.05) is 15.0 Å². The normalized spacial score (nSPS) is 15.5. The zero-order valence-corrected chi connectivity index (χ0v) is 24.6. The number of hydrogen-bond donors (Lipinski definition) is 1. The first kappa shape index (κ1) is 26.2. The number of thiophene rings is 1. The molecule has 0 saturated heterocycles. The van der Waals surface area contributed by atoms with E-state index in [1.165, 1.54) is 22.2 Å². The molecular weight excluding hydrogens is 566 g/mol. The third-order valence-electron chi connectivity index (χ3n) is 7.01. The van der Waals surface area contributed by atoms with Gasteiger partial charge in [-0.05, 0) is 73.4 Å². The molecule has 1 aliphatic carbocycles. The first-order valence-electron chi connectivity index (χ1n) is 12.4. The first-order valence-corrected chi connectivity index (χ1v) is 15.0. The van der Waals surface area contributed by atoms with E-state index in [0.717, 1.165) is 50.9 Å². The lowest BCUT2D eigenvalue weighted by molar-refractivity contribution is -0.113. The number of carbonyl (C=O) groups excluding carboxylic acids is 1. The molecule has 2 heterocycles. The quantitative estimate of drug-likeness (QED) is 0.193. The van der Waals surface area contributed by atoms with Gasteiger partial charge in [-0.25, -0.2) is 4.98 Å². The number of nitrogens with zero attached hydrogens (tertiary/aromatic N) is 2. The molecule has 2 aromatic carbocycles. The molecule has 1 amide bonds. The molecule has 4 aromatic rings. The predicted molar refractivity (Wildman–Crippen MR) is 158 cm³/mol. The van der Waals surface area contributed by atoms with Crippen LogP contribution in [-0.2, 0) is 17.6 Å². The molecule has 192 valence electrons. The largest absolute Gasteiger partial charge is 0.325 e. The van der Waals surface area contributed by atoms with Crippen molar-refractivity contribution in [2.24, 2.45) is 11.3 Å². The highest BCUT2D eigenvalue weighted by Crippen LogP contribution is 2.42. The number of thioether (sulfide) groups is 1. The van der Waals surface area contributed by atoms with E-state index in [1.54, 1.807) is 15.9 Å². The lowest BCUT2D eigenvalue weighted by Crippen LogP contribution is -2.27. The Kier molecular flexibility index (Phi) is 7.35. The maximum atomic E-state index is 14.0. The summed E-state index contributed by atoms with van der Waals surface area (Å²) >= 11 is 6.38. The van der Waals surface area contributed by atoms with Gasteiger partial charge >= 0.3 is 0 Å². The fraction of sp³-hybridized carbons (Fsp3) is 0.345. The standard InChI is InChI=1S/C29H30BrN3O2S2/c1-17-8-11-21(12-9-17)33-27(35)25-22-13-10-18(29(2,3)4)14-23(22)37-26(25)32-28(33)36-16-24(34)31-20-7-5-6-19(30)15-20/h5-9,11-12,15,18H,10,13-14,16H2,1-4H3,(H,31,34). The van der Waals surface area contributed by atoms with Gasteiger partial charge in [-0.15, -0.1) is 11.3 Å². The molecule has 1 atom stereocenters. The van der Waals surface area contributed by atoms with E-state index in [0.29, 0.717) is 11.1 Å². The number of aromatic nitrogens is 2. The molecule has 2 aromatic heterocycles. The summed E-state index contributed by atoms with van der Waals surface area (Å²) in [5, 5.41) is 4.21. The van der Waals surface area contributed by atoms with Crippen LogP contribution >= 0.6 is 39.0 Å². The molecule has 1 N–H and O–H groups in total. The molecule has 0 fully saturated rings. The Labute approximate surface area is 233 Å². The molecule has 8 heteroatoms. The summed E-state index contributed by atoms with van der Waals surface area (Å²) in [6, 6.07) is 15.4. The molecule has 5 rings (SSSR count). The van der Waals surface area contributed by atoms with E-state index in [4.69, 9.17) is 4.98 Å². The molecule has 0 radical (unpaired) electrons. The second-order valence-electron chi connectivity index (χ2n) is 10.7. The van der Waals surface area contributed by atoms with E-state index in [-0.39, 0.29) is 22.6 Å². The van der Waals surface area contributed by atoms with Crippen molar-refractivity contribution in [3.63, 3.8) is 0 Å². The minimum absolute atomic E-state index is 0.0459. The molecule has 1 unspecified atom stereocenters. The van der Waals surface area contributed by atoms with Crippen molar-refractivity contribution in [3.8, 4) is 5.69 Å². The van der Waals surface area contributed by atoms with E-state index in [9.17, 15) is 9.59 Å². The Morgan fingerprint density at radius 1 is 1.22 bits per heavy atom. The van der Waals surface area contributed by atoms with Crippen LogP contribution in [0.3, 0.4) is 0 Å². The average molecular weight is 597 g/mol. The number of carbonyl (C=O) groups is 1. The van der Waals surface area contributed by atoms with Crippen LogP contribution in [-0.4, -0.2) is 21.2 Å². The second kappa shape index (κ2) is 10.4. The minimum Gasteiger partial charge on any atom is -0.325 e. The number of anilines is 1. The van der Waals surface area contributed by atoms with Gasteiger partial charge in [-0.3, -0.25) is 14.2 Å². The summed E-state index contributed by atoms with van der Waals surface area (Å²) < 4.78 is 2.58. The topological polar surface area (TPSA) is 64.0 Å². The third-order valence-corrected chi connectivity index (χ3v) is 9.59. The second-order valence-corrected chi connectivity index (χ2v) is 13.6. The number of benzene rings is 2. The molecule has 0 spiro atoms. The van der Waals surface area contributed by atoms with Crippen LogP contribution in [0.5, 0.6) is 0 Å². The number of aryl methyl sites for hydroxylation is 2. The number of amides is 1. The van der Waals surface area contributed by atoms with Crippen LogP contribution in [0, 0.1) is 18.3 Å². The summed E-state index contributed by atoms with van der Waals surface area (Å²) in [7, 11) is 0. The number of rotatable bonds is 5. The smallest absolute Gasteiger partial charge is 0.267 e. The maximum absolute atomic E-state index is 14.0. The number of nitrogens with one attached hydrogen (secondary N) is 1. The fourth-order valence-electron chi connectivity index (χ4n) is 4.86. The Hall–Kier alpha value is -2.42. The van der Waals surface area contributed by atoms with E-state index in [1.807, 2.05) is 55.5 Å². The third kappa shape index (κ3) is 5.56. The zero-order valence-electron chi connectivity index (χ0n) is 21.4. The maximum Gasteiger partial charge on any atom is 0.267 e. The highest BCUT2D eigenvalue weighted by atomic mass is 79.9. The first-order chi connectivity index (χ1) is 17.6. The summed E-state index contributed by atoms with van der Waals surface area (Å²) in [4.78, 5) is 33.8. The zero-order chi connectivity index (χ0) is 26.3. The van der Waals surface area contributed by atoms with Gasteiger partial charge in [0.1, 0.15) is 4.83 Å². The molecule has 5 nitrogen and oxygen atoms in total. The molecule has 0 bridgehead atoms. The van der Waals surface area contributed by atoms with Crippen molar-refractivity contribution in [2.45, 2.75) is 52.1 Å². The summed E-state index contributed by atoms with van der Waals surface area (Å²) in [5.41, 5.74) is 3.96. The Morgan fingerprint density at radius 3 is 2.68 bits per heavy atom. The van der Waals surface area contributed by atoms with Gasteiger partial charge in [0.15, 0.2) is 5.16 Å². The predicted octanol–water partition coefficient (Wildman–Crippen LogP) is 7.40. The minimum atomic E-state index is -0.147. The van der Waals surface area contributed by atoms with E-state index in [2.05, 4.69) is 42.0 Å². The molecule has 0 saturated carbocycles. The van der Waals surface area contributed by atoms with Crippen molar-refractivity contribution in [1.82, 2.24) is 9.55 Å². The average Bonchev–Trinajstić information content (AvgIpc) is 3.21. The Balaban J connectivity index is 1.53. The molecular formula is C29H30BrN3O2S2. The number of hydrogen-bond acceptors (Lipinski definition) is 5. The van der Waals surface area contributed by atoms with Crippen molar-refractivity contribution >= 4 is 60.8 Å². The van der Waals surface area contributed by atoms with Crippen LogP contribution in [0.15, 0.2) is 63.0 Å². The molecule has 37 heavy (non-hydrogen) atoms. The van der Waals surface area contributed by atoms with Gasteiger partial charge in [-0.2, -0.15) is 0 Å². The highest BCUT2D eigenvalue weighted by molar-refractivity contribution is 9.10. The summed E-state index contributed by atoms with van der Waals surface area (Å²) in [6.07, 6.45) is 2.98. The van der Waals surface area contributed by atoms with Crippen molar-refractivity contribution in [3.05, 3.63) is 79.4 Å². The lowest BCUT2D eigenvalue weighted by Gasteiger charge is -2.33. The van der Waals surface area contributed by atoms with Crippen molar-refractivity contribution in [1.29, 1.82) is 0 Å². The van der Waals surface area contributed by atoms with Crippen LogP contribution in [0.1, 0.15) is 43.2 Å². The van der Waals surface area contributed by atoms with E-state index < -0.39 is 0 Å². The fourth-order valence-corrected chi connectivity index (χ4v) is 7.41. The Morgan fingerprint density at radius 2 is 1.97 bits per heavy atom. The molecule has 1 aliphatic rings. The SMILES string of the molecule is Cc1ccc(-n2c(SCC(=O)Nc3cccc(Br)c3)nc3sc4c(c3c2=O)CCC(C(C)(C)C)C4)cc1. The van der Waals surface area contributed by atoms with Gasteiger partial charge in [0.25, 0.3) is 5.56 Å². The highest BCUT2D eigenvalue weighted by Gasteiger charge is 2.32. The van der Waals surface area contributed by atoms with Crippen molar-refractivity contribution in [2.75, 3.05) is 11.1 Å². The summed E-state index contributed by atoms with van der Waals surface area (Å²) in [6.45, 7) is 8.92.